The number of hydrogen-bond donors (Lipinski definition) is 0. The molecule has 0 fully saturated rings. The van der Waals surface area contributed by atoms with Gasteiger partial charge >= 0.3 is 0 Å². The third-order valence-electron chi connectivity index (χ3n) is 4.86. The average Bonchev–Trinajstić information content (AvgIpc) is 3.29. The van der Waals surface area contributed by atoms with Crippen molar-refractivity contribution in [3.63, 3.8) is 0 Å². The molecule has 0 amide bonds. The zero-order chi connectivity index (χ0) is 19.7. The summed E-state index contributed by atoms with van der Waals surface area (Å²) in [5.74, 6) is 0.216. The Labute approximate surface area is 162 Å². The first-order valence-electron chi connectivity index (χ1n) is 9.16. The largest absolute Gasteiger partial charge is 0.330 e. The van der Waals surface area contributed by atoms with Gasteiger partial charge in [0.25, 0.3) is 0 Å². The molecule has 0 saturated carbocycles. The summed E-state index contributed by atoms with van der Waals surface area (Å²) < 4.78 is 31.8. The summed E-state index contributed by atoms with van der Waals surface area (Å²) in [5.41, 5.74) is 3.19. The van der Waals surface area contributed by atoms with Crippen LogP contribution in [0.5, 0.6) is 0 Å². The highest BCUT2D eigenvalue weighted by atomic mass is 19.1. The normalized spacial score (nSPS) is 11.1. The summed E-state index contributed by atoms with van der Waals surface area (Å²) in [6.07, 6.45) is 3.34. The molecular formula is C22H20F2N4. The molecule has 2 aromatic carbocycles. The lowest BCUT2D eigenvalue weighted by atomic mass is 10.1. The SMILES string of the molecule is CCn1c(Cn2ccnc2-c2cc(F)ccc2F)nc(-c2ccccc2)c1C. The van der Waals surface area contributed by atoms with Gasteiger partial charge in [-0.15, -0.1) is 0 Å². The Balaban J connectivity index is 1.75. The van der Waals surface area contributed by atoms with Crippen molar-refractivity contribution < 1.29 is 8.78 Å². The van der Waals surface area contributed by atoms with Crippen LogP contribution in [0.3, 0.4) is 0 Å². The van der Waals surface area contributed by atoms with Crippen molar-refractivity contribution >= 4 is 0 Å². The maximum absolute atomic E-state index is 14.2. The van der Waals surface area contributed by atoms with Crippen LogP contribution in [0.15, 0.2) is 60.9 Å². The zero-order valence-electron chi connectivity index (χ0n) is 15.7. The second-order valence-electron chi connectivity index (χ2n) is 6.58. The van der Waals surface area contributed by atoms with Crippen molar-refractivity contribution in [3.8, 4) is 22.6 Å². The van der Waals surface area contributed by atoms with Crippen molar-refractivity contribution in [2.24, 2.45) is 0 Å². The van der Waals surface area contributed by atoms with Gasteiger partial charge in [-0.05, 0) is 32.0 Å². The second kappa shape index (κ2) is 7.38. The van der Waals surface area contributed by atoms with E-state index in [0.29, 0.717) is 12.4 Å². The number of halogens is 2. The lowest BCUT2D eigenvalue weighted by molar-refractivity contribution is 0.598. The smallest absolute Gasteiger partial charge is 0.143 e. The van der Waals surface area contributed by atoms with E-state index in [4.69, 9.17) is 4.98 Å². The van der Waals surface area contributed by atoms with Gasteiger partial charge in [-0.1, -0.05) is 30.3 Å². The van der Waals surface area contributed by atoms with Gasteiger partial charge in [-0.3, -0.25) is 0 Å². The van der Waals surface area contributed by atoms with E-state index in [0.717, 1.165) is 41.5 Å². The summed E-state index contributed by atoms with van der Waals surface area (Å²) in [6, 6.07) is 13.4. The number of imidazole rings is 2. The molecule has 0 aliphatic rings. The number of nitrogens with zero attached hydrogens (tertiary/aromatic N) is 4. The van der Waals surface area contributed by atoms with Crippen LogP contribution in [-0.2, 0) is 13.1 Å². The first-order valence-corrected chi connectivity index (χ1v) is 9.16. The van der Waals surface area contributed by atoms with Crippen LogP contribution in [0.4, 0.5) is 8.78 Å². The monoisotopic (exact) mass is 378 g/mol. The number of aromatic nitrogens is 4. The maximum Gasteiger partial charge on any atom is 0.143 e. The second-order valence-corrected chi connectivity index (χ2v) is 6.58. The molecule has 0 saturated heterocycles. The molecule has 4 aromatic rings. The summed E-state index contributed by atoms with van der Waals surface area (Å²) in [7, 11) is 0. The highest BCUT2D eigenvalue weighted by Gasteiger charge is 2.17. The molecule has 142 valence electrons. The van der Waals surface area contributed by atoms with Crippen LogP contribution in [0.1, 0.15) is 18.4 Å². The highest BCUT2D eigenvalue weighted by molar-refractivity contribution is 5.62. The molecule has 0 spiro atoms. The first-order chi connectivity index (χ1) is 13.6. The Morgan fingerprint density at radius 1 is 1.04 bits per heavy atom. The van der Waals surface area contributed by atoms with Gasteiger partial charge in [0.1, 0.15) is 23.3 Å². The fraction of sp³-hybridized carbons (Fsp3) is 0.182. The van der Waals surface area contributed by atoms with E-state index in [9.17, 15) is 8.78 Å². The quantitative estimate of drug-likeness (QED) is 0.486. The Kier molecular flexibility index (Phi) is 4.77. The molecule has 0 unspecified atom stereocenters. The third-order valence-corrected chi connectivity index (χ3v) is 4.86. The summed E-state index contributed by atoms with van der Waals surface area (Å²) in [6.45, 7) is 5.28. The van der Waals surface area contributed by atoms with Gasteiger partial charge in [0, 0.05) is 30.2 Å². The molecule has 2 heterocycles. The van der Waals surface area contributed by atoms with Crippen molar-refractivity contribution in [2.45, 2.75) is 26.9 Å². The Morgan fingerprint density at radius 2 is 1.82 bits per heavy atom. The fourth-order valence-corrected chi connectivity index (χ4v) is 3.50. The molecule has 4 rings (SSSR count). The average molecular weight is 378 g/mol. The summed E-state index contributed by atoms with van der Waals surface area (Å²) in [4.78, 5) is 9.09. The van der Waals surface area contributed by atoms with Crippen LogP contribution >= 0.6 is 0 Å². The van der Waals surface area contributed by atoms with Gasteiger partial charge < -0.3 is 9.13 Å². The van der Waals surface area contributed by atoms with Crippen LogP contribution < -0.4 is 0 Å². The molecule has 28 heavy (non-hydrogen) atoms. The molecule has 0 bridgehead atoms. The van der Waals surface area contributed by atoms with Gasteiger partial charge in [-0.2, -0.15) is 0 Å². The number of benzene rings is 2. The third kappa shape index (κ3) is 3.22. The van der Waals surface area contributed by atoms with Gasteiger partial charge in [-0.25, -0.2) is 18.7 Å². The van der Waals surface area contributed by atoms with Crippen molar-refractivity contribution in [1.29, 1.82) is 0 Å². The van der Waals surface area contributed by atoms with E-state index in [2.05, 4.69) is 16.5 Å². The van der Waals surface area contributed by atoms with Crippen molar-refractivity contribution in [2.75, 3.05) is 0 Å². The van der Waals surface area contributed by atoms with E-state index in [1.165, 1.54) is 6.07 Å². The molecule has 6 heteroatoms. The number of rotatable bonds is 5. The van der Waals surface area contributed by atoms with Gasteiger partial charge in [0.15, 0.2) is 0 Å². The van der Waals surface area contributed by atoms with Crippen LogP contribution in [0.2, 0.25) is 0 Å². The van der Waals surface area contributed by atoms with Crippen molar-refractivity contribution in [3.05, 3.63) is 84.1 Å². The van der Waals surface area contributed by atoms with Crippen LogP contribution in [0.25, 0.3) is 22.6 Å². The maximum atomic E-state index is 14.2. The minimum absolute atomic E-state index is 0.139. The standard InChI is InChI=1S/C22H20F2N4/c1-3-28-15(2)21(16-7-5-4-6-8-16)26-20(28)14-27-12-11-25-22(27)18-13-17(23)9-10-19(18)24/h4-13H,3,14H2,1-2H3. The lowest BCUT2D eigenvalue weighted by Gasteiger charge is -2.11. The van der Waals surface area contributed by atoms with Crippen LogP contribution in [0, 0.1) is 18.6 Å². The Hall–Kier alpha value is -3.28. The topological polar surface area (TPSA) is 35.6 Å². The molecule has 0 radical (unpaired) electrons. The predicted molar refractivity (Wildman–Crippen MR) is 105 cm³/mol. The molecule has 2 aromatic heterocycles. The summed E-state index contributed by atoms with van der Waals surface area (Å²) >= 11 is 0. The Morgan fingerprint density at radius 3 is 2.57 bits per heavy atom. The minimum Gasteiger partial charge on any atom is -0.330 e. The summed E-state index contributed by atoms with van der Waals surface area (Å²) in [5, 5.41) is 0. The fourth-order valence-electron chi connectivity index (χ4n) is 3.50. The number of hydrogen-bond acceptors (Lipinski definition) is 2. The van der Waals surface area contributed by atoms with Gasteiger partial charge in [0.2, 0.25) is 0 Å². The predicted octanol–water partition coefficient (Wildman–Crippen LogP) is 5.07. The molecule has 0 aliphatic heterocycles. The van der Waals surface area contributed by atoms with E-state index >= 15 is 0 Å². The minimum atomic E-state index is -0.506. The Bertz CT molecular complexity index is 1110. The molecule has 0 N–H and O–H groups in total. The van der Waals surface area contributed by atoms with E-state index in [1.54, 1.807) is 17.0 Å². The van der Waals surface area contributed by atoms with E-state index < -0.39 is 11.6 Å². The van der Waals surface area contributed by atoms with Gasteiger partial charge in [0.05, 0.1) is 17.8 Å². The highest BCUT2D eigenvalue weighted by Crippen LogP contribution is 2.26. The first kappa shape index (κ1) is 18.1. The van der Waals surface area contributed by atoms with E-state index in [-0.39, 0.29) is 5.56 Å². The molecule has 0 atom stereocenters. The molecule has 4 nitrogen and oxygen atoms in total. The molecular weight excluding hydrogens is 358 g/mol. The van der Waals surface area contributed by atoms with Crippen LogP contribution in [-0.4, -0.2) is 19.1 Å². The molecule has 0 aliphatic carbocycles. The van der Waals surface area contributed by atoms with Crippen molar-refractivity contribution in [1.82, 2.24) is 19.1 Å². The lowest BCUT2D eigenvalue weighted by Crippen LogP contribution is -2.10. The van der Waals surface area contributed by atoms with E-state index in [1.807, 2.05) is 37.3 Å². The zero-order valence-corrected chi connectivity index (χ0v) is 15.7.